The Labute approximate surface area is 172 Å². The molecule has 1 aliphatic heterocycles. The third kappa shape index (κ3) is 5.58. The number of nitrogens with zero attached hydrogens (tertiary/aromatic N) is 1. The van der Waals surface area contributed by atoms with E-state index in [9.17, 15) is 13.2 Å². The number of amides is 1. The van der Waals surface area contributed by atoms with Crippen LogP contribution in [0.5, 0.6) is 5.75 Å². The summed E-state index contributed by atoms with van der Waals surface area (Å²) in [7, 11) is -3.47. The number of piperidine rings is 1. The van der Waals surface area contributed by atoms with Crippen molar-refractivity contribution in [1.29, 1.82) is 0 Å². The number of hydrogen-bond acceptors (Lipinski definition) is 4. The minimum absolute atomic E-state index is 0.116. The van der Waals surface area contributed by atoms with Gasteiger partial charge >= 0.3 is 0 Å². The summed E-state index contributed by atoms with van der Waals surface area (Å²) in [6.45, 7) is 5.25. The molecule has 1 N–H and O–H groups in total. The molecular weight excluding hydrogens is 388 g/mol. The van der Waals surface area contributed by atoms with Crippen LogP contribution in [0, 0.1) is 0 Å². The number of anilines is 1. The molecule has 0 saturated carbocycles. The van der Waals surface area contributed by atoms with Gasteiger partial charge in [0.25, 0.3) is 5.91 Å². The molecule has 156 valence electrons. The molecule has 1 aliphatic rings. The van der Waals surface area contributed by atoms with Crippen LogP contribution < -0.4 is 10.1 Å². The van der Waals surface area contributed by atoms with Crippen LogP contribution in [0.2, 0.25) is 0 Å². The van der Waals surface area contributed by atoms with Crippen molar-refractivity contribution in [1.82, 2.24) is 4.31 Å². The van der Waals surface area contributed by atoms with Gasteiger partial charge in [0.05, 0.1) is 4.90 Å². The third-order valence-electron chi connectivity index (χ3n) is 5.01. The van der Waals surface area contributed by atoms with Gasteiger partial charge in [-0.15, -0.1) is 0 Å². The van der Waals surface area contributed by atoms with Crippen molar-refractivity contribution in [2.24, 2.45) is 0 Å². The second-order valence-corrected chi connectivity index (χ2v) is 9.49. The lowest BCUT2D eigenvalue weighted by Gasteiger charge is -2.25. The van der Waals surface area contributed by atoms with Crippen LogP contribution in [0.15, 0.2) is 53.4 Å². The number of benzene rings is 2. The van der Waals surface area contributed by atoms with Gasteiger partial charge in [0.2, 0.25) is 10.0 Å². The number of hydrogen-bond donors (Lipinski definition) is 1. The van der Waals surface area contributed by atoms with E-state index in [0.29, 0.717) is 30.4 Å². The van der Waals surface area contributed by atoms with Crippen molar-refractivity contribution in [3.63, 3.8) is 0 Å². The molecule has 1 saturated heterocycles. The molecule has 0 aromatic heterocycles. The number of carbonyl (C=O) groups is 1. The maximum absolute atomic E-state index is 12.7. The lowest BCUT2D eigenvalue weighted by Crippen LogP contribution is -2.35. The van der Waals surface area contributed by atoms with Gasteiger partial charge in [-0.1, -0.05) is 32.4 Å². The highest BCUT2D eigenvalue weighted by atomic mass is 32.2. The monoisotopic (exact) mass is 416 g/mol. The van der Waals surface area contributed by atoms with E-state index < -0.39 is 10.0 Å². The lowest BCUT2D eigenvalue weighted by atomic mass is 10.0. The number of ether oxygens (including phenoxy) is 1. The van der Waals surface area contributed by atoms with Crippen LogP contribution in [-0.4, -0.2) is 38.3 Å². The molecular formula is C22H28N2O4S. The van der Waals surface area contributed by atoms with Gasteiger partial charge in [-0.25, -0.2) is 8.42 Å². The molecule has 3 rings (SSSR count). The molecule has 6 nitrogen and oxygen atoms in total. The van der Waals surface area contributed by atoms with E-state index in [4.69, 9.17) is 4.74 Å². The fraction of sp³-hybridized carbons (Fsp3) is 0.409. The Morgan fingerprint density at radius 3 is 2.21 bits per heavy atom. The molecule has 7 heteroatoms. The van der Waals surface area contributed by atoms with E-state index in [-0.39, 0.29) is 17.4 Å². The summed E-state index contributed by atoms with van der Waals surface area (Å²) in [6.07, 6.45) is 2.86. The van der Waals surface area contributed by atoms with Crippen LogP contribution >= 0.6 is 0 Å². The first kappa shape index (κ1) is 21.3. The molecule has 1 fully saturated rings. The highest BCUT2D eigenvalue weighted by molar-refractivity contribution is 7.89. The van der Waals surface area contributed by atoms with Gasteiger partial charge in [-0.05, 0) is 60.7 Å². The Kier molecular flexibility index (Phi) is 6.92. The van der Waals surface area contributed by atoms with Crippen LogP contribution in [0.1, 0.15) is 44.6 Å². The number of rotatable bonds is 7. The predicted octanol–water partition coefficient (Wildman–Crippen LogP) is 4.00. The van der Waals surface area contributed by atoms with Gasteiger partial charge in [0, 0.05) is 18.8 Å². The van der Waals surface area contributed by atoms with Crippen molar-refractivity contribution in [3.05, 3.63) is 54.1 Å². The summed E-state index contributed by atoms with van der Waals surface area (Å²) in [5.74, 6) is 0.770. The summed E-state index contributed by atoms with van der Waals surface area (Å²) in [5.41, 5.74) is 1.74. The van der Waals surface area contributed by atoms with E-state index >= 15 is 0 Å². The average Bonchev–Trinajstić information content (AvgIpc) is 2.73. The molecule has 0 spiro atoms. The first-order chi connectivity index (χ1) is 13.9. The standard InChI is InChI=1S/C22H28N2O4S/c1-17(2)18-6-10-20(11-7-18)28-16-22(25)23-19-8-12-21(13-9-19)29(26,27)24-14-4-3-5-15-24/h6-13,17H,3-5,14-16H2,1-2H3,(H,23,25). The van der Waals surface area contributed by atoms with Crippen LogP contribution in [0.4, 0.5) is 5.69 Å². The molecule has 2 aromatic carbocycles. The zero-order chi connectivity index (χ0) is 20.9. The molecule has 0 atom stereocenters. The maximum Gasteiger partial charge on any atom is 0.262 e. The average molecular weight is 417 g/mol. The maximum atomic E-state index is 12.7. The van der Waals surface area contributed by atoms with E-state index in [2.05, 4.69) is 19.2 Å². The summed E-state index contributed by atoms with van der Waals surface area (Å²) in [4.78, 5) is 12.4. The zero-order valence-corrected chi connectivity index (χ0v) is 17.7. The van der Waals surface area contributed by atoms with Crippen molar-refractivity contribution in [2.75, 3.05) is 25.0 Å². The van der Waals surface area contributed by atoms with Crippen LogP contribution in [0.25, 0.3) is 0 Å². The first-order valence-corrected chi connectivity index (χ1v) is 11.4. The molecule has 1 heterocycles. The van der Waals surface area contributed by atoms with Crippen LogP contribution in [-0.2, 0) is 14.8 Å². The number of carbonyl (C=O) groups excluding carboxylic acids is 1. The summed E-state index contributed by atoms with van der Waals surface area (Å²) >= 11 is 0. The normalized spacial score (nSPS) is 15.3. The highest BCUT2D eigenvalue weighted by Gasteiger charge is 2.25. The Hall–Kier alpha value is -2.38. The van der Waals surface area contributed by atoms with E-state index in [1.807, 2.05) is 24.3 Å². The van der Waals surface area contributed by atoms with Crippen molar-refractivity contribution < 1.29 is 17.9 Å². The second kappa shape index (κ2) is 9.41. The number of sulfonamides is 1. The minimum Gasteiger partial charge on any atom is -0.484 e. The Morgan fingerprint density at radius 1 is 1.00 bits per heavy atom. The topological polar surface area (TPSA) is 75.7 Å². The van der Waals surface area contributed by atoms with Gasteiger partial charge in [0.15, 0.2) is 6.61 Å². The van der Waals surface area contributed by atoms with Gasteiger partial charge in [-0.3, -0.25) is 4.79 Å². The van der Waals surface area contributed by atoms with E-state index in [1.165, 1.54) is 22.0 Å². The summed E-state index contributed by atoms with van der Waals surface area (Å²) in [5, 5.41) is 2.73. The second-order valence-electron chi connectivity index (χ2n) is 7.55. The Bertz CT molecular complexity index is 916. The smallest absolute Gasteiger partial charge is 0.262 e. The Morgan fingerprint density at radius 2 is 1.62 bits per heavy atom. The SMILES string of the molecule is CC(C)c1ccc(OCC(=O)Nc2ccc(S(=O)(=O)N3CCCCC3)cc2)cc1. The predicted molar refractivity (Wildman–Crippen MR) is 114 cm³/mol. The molecule has 29 heavy (non-hydrogen) atoms. The largest absolute Gasteiger partial charge is 0.484 e. The van der Waals surface area contributed by atoms with Gasteiger partial charge in [-0.2, -0.15) is 4.31 Å². The molecule has 0 unspecified atom stereocenters. The van der Waals surface area contributed by atoms with Gasteiger partial charge in [0.1, 0.15) is 5.75 Å². The molecule has 2 aromatic rings. The molecule has 1 amide bonds. The van der Waals surface area contributed by atoms with Crippen molar-refractivity contribution >= 4 is 21.6 Å². The molecule has 0 radical (unpaired) electrons. The summed E-state index contributed by atoms with van der Waals surface area (Å²) in [6, 6.07) is 13.9. The Balaban J connectivity index is 1.54. The van der Waals surface area contributed by atoms with E-state index in [0.717, 1.165) is 19.3 Å². The minimum atomic E-state index is -3.47. The summed E-state index contributed by atoms with van der Waals surface area (Å²) < 4.78 is 32.4. The number of nitrogens with one attached hydrogen (secondary N) is 1. The third-order valence-corrected chi connectivity index (χ3v) is 6.92. The molecule has 0 bridgehead atoms. The van der Waals surface area contributed by atoms with Crippen LogP contribution in [0.3, 0.4) is 0 Å². The fourth-order valence-corrected chi connectivity index (χ4v) is 4.78. The van der Waals surface area contributed by atoms with Crippen molar-refractivity contribution in [3.8, 4) is 5.75 Å². The lowest BCUT2D eigenvalue weighted by molar-refractivity contribution is -0.118. The van der Waals surface area contributed by atoms with Gasteiger partial charge < -0.3 is 10.1 Å². The van der Waals surface area contributed by atoms with Crippen molar-refractivity contribution in [2.45, 2.75) is 43.9 Å². The highest BCUT2D eigenvalue weighted by Crippen LogP contribution is 2.22. The zero-order valence-electron chi connectivity index (χ0n) is 16.9. The van der Waals surface area contributed by atoms with E-state index in [1.54, 1.807) is 12.1 Å². The first-order valence-electron chi connectivity index (χ1n) is 9.99. The fourth-order valence-electron chi connectivity index (χ4n) is 3.26. The quantitative estimate of drug-likeness (QED) is 0.740. The molecule has 0 aliphatic carbocycles.